The number of amides is 2. The summed E-state index contributed by atoms with van der Waals surface area (Å²) in [7, 11) is 0. The number of carbonyl (C=O) groups excluding carboxylic acids is 2. The minimum atomic E-state index is -0.368. The first kappa shape index (κ1) is 19.9. The Morgan fingerprint density at radius 2 is 1.75 bits per heavy atom. The lowest BCUT2D eigenvalue weighted by Crippen LogP contribution is -2.51. The SMILES string of the molecule is CC(=O)N(CC(=O)N1CCN(c2cccc(C)c2)CC1)Cc1ccccc1F. The molecule has 2 aromatic rings. The summed E-state index contributed by atoms with van der Waals surface area (Å²) in [5.41, 5.74) is 2.79. The molecule has 1 heterocycles. The lowest BCUT2D eigenvalue weighted by Gasteiger charge is -2.37. The van der Waals surface area contributed by atoms with Crippen LogP contribution in [-0.4, -0.2) is 54.3 Å². The number of piperazine rings is 1. The quantitative estimate of drug-likeness (QED) is 0.798. The number of anilines is 1. The van der Waals surface area contributed by atoms with Crippen LogP contribution in [0.3, 0.4) is 0 Å². The fraction of sp³-hybridized carbons (Fsp3) is 0.364. The zero-order valence-electron chi connectivity index (χ0n) is 16.4. The Morgan fingerprint density at radius 1 is 1.04 bits per heavy atom. The maximum absolute atomic E-state index is 13.9. The third-order valence-corrected chi connectivity index (χ3v) is 5.09. The molecule has 1 aliphatic heterocycles. The molecule has 0 spiro atoms. The summed E-state index contributed by atoms with van der Waals surface area (Å²) in [4.78, 5) is 30.1. The fourth-order valence-corrected chi connectivity index (χ4v) is 3.41. The van der Waals surface area contributed by atoms with E-state index in [4.69, 9.17) is 0 Å². The molecule has 1 fully saturated rings. The summed E-state index contributed by atoms with van der Waals surface area (Å²) < 4.78 is 13.9. The van der Waals surface area contributed by atoms with Gasteiger partial charge < -0.3 is 14.7 Å². The predicted molar refractivity (Wildman–Crippen MR) is 107 cm³/mol. The van der Waals surface area contributed by atoms with Crippen molar-refractivity contribution in [2.45, 2.75) is 20.4 Å². The molecule has 0 N–H and O–H groups in total. The minimum absolute atomic E-state index is 0.0336. The maximum atomic E-state index is 13.9. The number of benzene rings is 2. The van der Waals surface area contributed by atoms with Crippen molar-refractivity contribution in [3.63, 3.8) is 0 Å². The molecule has 1 saturated heterocycles. The average Bonchev–Trinajstić information content (AvgIpc) is 2.69. The van der Waals surface area contributed by atoms with E-state index in [0.717, 1.165) is 18.8 Å². The molecular formula is C22H26FN3O2. The van der Waals surface area contributed by atoms with Gasteiger partial charge in [0, 0.05) is 50.9 Å². The van der Waals surface area contributed by atoms with E-state index in [2.05, 4.69) is 30.0 Å². The van der Waals surface area contributed by atoms with Crippen molar-refractivity contribution in [2.24, 2.45) is 0 Å². The number of hydrogen-bond acceptors (Lipinski definition) is 3. The number of nitrogens with zero attached hydrogens (tertiary/aromatic N) is 3. The monoisotopic (exact) mass is 383 g/mol. The van der Waals surface area contributed by atoms with Crippen LogP contribution in [0.4, 0.5) is 10.1 Å². The Hall–Kier alpha value is -2.89. The molecule has 6 heteroatoms. The van der Waals surface area contributed by atoms with Crippen molar-refractivity contribution in [1.29, 1.82) is 0 Å². The number of rotatable bonds is 5. The van der Waals surface area contributed by atoms with E-state index in [0.29, 0.717) is 18.7 Å². The Morgan fingerprint density at radius 3 is 2.39 bits per heavy atom. The molecule has 1 aliphatic rings. The number of carbonyl (C=O) groups is 2. The predicted octanol–water partition coefficient (Wildman–Crippen LogP) is 2.83. The molecule has 148 valence electrons. The highest BCUT2D eigenvalue weighted by atomic mass is 19.1. The molecule has 28 heavy (non-hydrogen) atoms. The minimum Gasteiger partial charge on any atom is -0.368 e. The van der Waals surface area contributed by atoms with Gasteiger partial charge in [-0.25, -0.2) is 4.39 Å². The van der Waals surface area contributed by atoms with Crippen molar-refractivity contribution in [3.05, 3.63) is 65.5 Å². The maximum Gasteiger partial charge on any atom is 0.242 e. The lowest BCUT2D eigenvalue weighted by molar-refractivity contribution is -0.140. The van der Waals surface area contributed by atoms with Gasteiger partial charge >= 0.3 is 0 Å². The van der Waals surface area contributed by atoms with Gasteiger partial charge in [0.1, 0.15) is 12.4 Å². The normalized spacial score (nSPS) is 14.1. The molecule has 5 nitrogen and oxygen atoms in total. The van der Waals surface area contributed by atoms with Crippen LogP contribution in [-0.2, 0) is 16.1 Å². The van der Waals surface area contributed by atoms with E-state index in [1.54, 1.807) is 23.1 Å². The van der Waals surface area contributed by atoms with E-state index in [1.165, 1.54) is 23.5 Å². The second kappa shape index (κ2) is 8.87. The van der Waals surface area contributed by atoms with E-state index in [9.17, 15) is 14.0 Å². The fourth-order valence-electron chi connectivity index (χ4n) is 3.41. The first-order valence-corrected chi connectivity index (χ1v) is 9.52. The Kier molecular flexibility index (Phi) is 6.29. The molecular weight excluding hydrogens is 357 g/mol. The van der Waals surface area contributed by atoms with Gasteiger partial charge in [0.25, 0.3) is 0 Å². The second-order valence-electron chi connectivity index (χ2n) is 7.17. The van der Waals surface area contributed by atoms with Crippen molar-refractivity contribution >= 4 is 17.5 Å². The summed E-state index contributed by atoms with van der Waals surface area (Å²) in [6.07, 6.45) is 0. The molecule has 0 bridgehead atoms. The van der Waals surface area contributed by atoms with Crippen molar-refractivity contribution in [1.82, 2.24) is 9.80 Å². The van der Waals surface area contributed by atoms with E-state index >= 15 is 0 Å². The molecule has 0 radical (unpaired) electrons. The van der Waals surface area contributed by atoms with Crippen molar-refractivity contribution in [3.8, 4) is 0 Å². The van der Waals surface area contributed by atoms with Gasteiger partial charge in [-0.1, -0.05) is 30.3 Å². The van der Waals surface area contributed by atoms with E-state index in [1.807, 2.05) is 6.07 Å². The smallest absolute Gasteiger partial charge is 0.242 e. The third-order valence-electron chi connectivity index (χ3n) is 5.09. The summed E-state index contributed by atoms with van der Waals surface area (Å²) >= 11 is 0. The van der Waals surface area contributed by atoms with Crippen molar-refractivity contribution < 1.29 is 14.0 Å². The molecule has 0 aromatic heterocycles. The van der Waals surface area contributed by atoms with Gasteiger partial charge in [-0.3, -0.25) is 9.59 Å². The van der Waals surface area contributed by atoms with Crippen LogP contribution in [0.1, 0.15) is 18.1 Å². The zero-order valence-corrected chi connectivity index (χ0v) is 16.4. The first-order chi connectivity index (χ1) is 13.4. The Bertz CT molecular complexity index is 847. The van der Waals surface area contributed by atoms with Crippen molar-refractivity contribution in [2.75, 3.05) is 37.6 Å². The molecule has 3 rings (SSSR count). The van der Waals surface area contributed by atoms with Gasteiger partial charge in [-0.2, -0.15) is 0 Å². The Labute approximate surface area is 165 Å². The molecule has 0 unspecified atom stereocenters. The molecule has 0 atom stereocenters. The number of hydrogen-bond donors (Lipinski definition) is 0. The highest BCUT2D eigenvalue weighted by Crippen LogP contribution is 2.18. The van der Waals surface area contributed by atoms with Gasteiger partial charge in [-0.15, -0.1) is 0 Å². The summed E-state index contributed by atoms with van der Waals surface area (Å²) in [6.45, 7) is 6.26. The largest absolute Gasteiger partial charge is 0.368 e. The highest BCUT2D eigenvalue weighted by molar-refractivity contribution is 5.84. The molecule has 0 aliphatic carbocycles. The summed E-state index contributed by atoms with van der Waals surface area (Å²) in [5, 5.41) is 0. The molecule has 2 amide bonds. The summed E-state index contributed by atoms with van der Waals surface area (Å²) in [6, 6.07) is 14.7. The van der Waals surface area contributed by atoms with Crippen LogP contribution in [0.2, 0.25) is 0 Å². The van der Waals surface area contributed by atoms with Gasteiger partial charge in [0.05, 0.1) is 0 Å². The van der Waals surface area contributed by atoms with Crippen LogP contribution in [0.5, 0.6) is 0 Å². The zero-order chi connectivity index (χ0) is 20.1. The lowest BCUT2D eigenvalue weighted by atomic mass is 10.2. The average molecular weight is 383 g/mol. The topological polar surface area (TPSA) is 43.9 Å². The Balaban J connectivity index is 1.58. The first-order valence-electron chi connectivity index (χ1n) is 9.52. The standard InChI is InChI=1S/C22H26FN3O2/c1-17-6-5-8-20(14-17)24-10-12-25(13-11-24)22(28)16-26(18(2)27)15-19-7-3-4-9-21(19)23/h3-9,14H,10-13,15-16H2,1-2H3. The van der Waals surface area contributed by atoms with Gasteiger partial charge in [0.15, 0.2) is 0 Å². The van der Waals surface area contributed by atoms with Gasteiger partial charge in [-0.05, 0) is 30.7 Å². The molecule has 0 saturated carbocycles. The number of halogens is 1. The third kappa shape index (κ3) is 4.88. The van der Waals surface area contributed by atoms with Crippen LogP contribution in [0.25, 0.3) is 0 Å². The summed E-state index contributed by atoms with van der Waals surface area (Å²) in [5.74, 6) is -0.710. The van der Waals surface area contributed by atoms with Gasteiger partial charge in [0.2, 0.25) is 11.8 Å². The number of aryl methyl sites for hydroxylation is 1. The van der Waals surface area contributed by atoms with E-state index in [-0.39, 0.29) is 30.7 Å². The molecule has 2 aromatic carbocycles. The van der Waals surface area contributed by atoms with Crippen LogP contribution >= 0.6 is 0 Å². The highest BCUT2D eigenvalue weighted by Gasteiger charge is 2.24. The van der Waals surface area contributed by atoms with Crippen LogP contribution in [0.15, 0.2) is 48.5 Å². The van der Waals surface area contributed by atoms with E-state index < -0.39 is 0 Å². The van der Waals surface area contributed by atoms with Crippen LogP contribution in [0, 0.1) is 12.7 Å². The second-order valence-corrected chi connectivity index (χ2v) is 7.17. The van der Waals surface area contributed by atoms with Crippen LogP contribution < -0.4 is 4.90 Å².